The molecule has 4 rings (SSSR count). The van der Waals surface area contributed by atoms with Crippen molar-refractivity contribution in [1.82, 2.24) is 19.6 Å². The number of likely N-dealkylation sites (tertiary alicyclic amines) is 2. The average molecular weight is 652 g/mol. The van der Waals surface area contributed by atoms with Crippen molar-refractivity contribution in [3.63, 3.8) is 0 Å². The number of nitrogens with zero attached hydrogens (tertiary/aromatic N) is 4. The molecule has 10 heteroatoms. The first kappa shape index (κ1) is 28.7. The first-order valence-electron chi connectivity index (χ1n) is 12.9. The highest BCUT2D eigenvalue weighted by atomic mass is 127. The van der Waals surface area contributed by atoms with Crippen LogP contribution in [0.4, 0.5) is 5.69 Å². The van der Waals surface area contributed by atoms with Gasteiger partial charge in [0.2, 0.25) is 10.0 Å². The Morgan fingerprint density at radius 1 is 1.24 bits per heavy atom. The minimum absolute atomic E-state index is 0.0594. The number of aromatic nitrogens is 2. The van der Waals surface area contributed by atoms with Crippen LogP contribution < -0.4 is 4.72 Å². The zero-order valence-electron chi connectivity index (χ0n) is 22.7. The van der Waals surface area contributed by atoms with E-state index in [1.165, 1.54) is 6.26 Å². The summed E-state index contributed by atoms with van der Waals surface area (Å²) in [6.07, 6.45) is 6.33. The van der Waals surface area contributed by atoms with Crippen molar-refractivity contribution in [2.45, 2.75) is 46.1 Å². The first-order valence-corrected chi connectivity index (χ1v) is 15.7. The molecule has 0 bridgehead atoms. The fourth-order valence-corrected chi connectivity index (χ4v) is 6.29. The quantitative estimate of drug-likeness (QED) is 0.261. The Hall–Kier alpha value is -2.31. The largest absolute Gasteiger partial charge is 0.371 e. The predicted octanol–water partition coefficient (Wildman–Crippen LogP) is 5.74. The van der Waals surface area contributed by atoms with E-state index in [9.17, 15) is 8.42 Å². The molecular weight excluding hydrogens is 613 g/mol. The fraction of sp³-hybridized carbons (Fsp3) is 0.464. The zero-order chi connectivity index (χ0) is 27.6. The summed E-state index contributed by atoms with van der Waals surface area (Å²) in [6, 6.07) is 7.92. The van der Waals surface area contributed by atoms with Crippen molar-refractivity contribution in [2.24, 2.45) is 5.92 Å². The molecule has 1 aromatic carbocycles. The lowest BCUT2D eigenvalue weighted by atomic mass is 9.96. The lowest BCUT2D eigenvalue weighted by Crippen LogP contribution is -2.47. The molecular formula is C28H38IN5O3S. The molecule has 2 aliphatic rings. The third-order valence-electron chi connectivity index (χ3n) is 7.32. The molecule has 2 aromatic rings. The van der Waals surface area contributed by atoms with Crippen LogP contribution in [-0.2, 0) is 13.1 Å². The number of aryl methyl sites for hydroxylation is 2. The summed E-state index contributed by atoms with van der Waals surface area (Å²) < 4.78 is 33.9. The van der Waals surface area contributed by atoms with Crippen molar-refractivity contribution in [1.29, 1.82) is 0 Å². The summed E-state index contributed by atoms with van der Waals surface area (Å²) >= 11 is 1.95. The summed E-state index contributed by atoms with van der Waals surface area (Å²) in [4.78, 5) is 4.56. The molecule has 0 radical (unpaired) electrons. The fourth-order valence-electron chi connectivity index (χ4n) is 5.20. The number of hydrogen-bond donors (Lipinski definition) is 1. The zero-order valence-corrected chi connectivity index (χ0v) is 25.7. The number of hydrogen-bond acceptors (Lipinski definition) is 6. The molecule has 3 heterocycles. The van der Waals surface area contributed by atoms with Crippen LogP contribution in [0.2, 0.25) is 0 Å². The third-order valence-corrected chi connectivity index (χ3v) is 8.27. The minimum atomic E-state index is -3.42. The van der Waals surface area contributed by atoms with Crippen LogP contribution >= 0.6 is 23.0 Å². The van der Waals surface area contributed by atoms with Crippen LogP contribution in [0, 0.1) is 19.8 Å². The van der Waals surface area contributed by atoms with Crippen molar-refractivity contribution < 1.29 is 11.5 Å². The molecule has 8 nitrogen and oxygen atoms in total. The molecule has 2 fully saturated rings. The highest BCUT2D eigenvalue weighted by Crippen LogP contribution is 2.38. The Balaban J connectivity index is 1.56. The van der Waals surface area contributed by atoms with E-state index >= 15 is 0 Å². The second-order valence-electron chi connectivity index (χ2n) is 10.5. The summed E-state index contributed by atoms with van der Waals surface area (Å²) in [6.45, 7) is 18.4. The molecule has 0 saturated carbocycles. The molecule has 38 heavy (non-hydrogen) atoms. The highest BCUT2D eigenvalue weighted by Gasteiger charge is 2.30. The number of benzene rings is 1. The lowest BCUT2D eigenvalue weighted by molar-refractivity contribution is 0.112. The maximum absolute atomic E-state index is 12.0. The average Bonchev–Trinajstić information content (AvgIpc) is 3.20. The molecule has 1 aromatic heterocycles. The van der Waals surface area contributed by atoms with E-state index in [-0.39, 0.29) is 6.04 Å². The molecule has 0 amide bonds. The second kappa shape index (κ2) is 11.8. The van der Waals surface area contributed by atoms with Crippen LogP contribution in [0.25, 0.3) is 11.9 Å². The molecule has 2 saturated heterocycles. The smallest absolute Gasteiger partial charge is 0.229 e. The maximum atomic E-state index is 12.0. The number of allylic oxidation sites excluding steroid dienone is 1. The van der Waals surface area contributed by atoms with Crippen molar-refractivity contribution in [3.05, 3.63) is 71.2 Å². The van der Waals surface area contributed by atoms with Gasteiger partial charge in [-0.3, -0.25) is 4.72 Å². The van der Waals surface area contributed by atoms with E-state index in [0.29, 0.717) is 11.6 Å². The normalized spacial score (nSPS) is 18.9. The topological polar surface area (TPSA) is 79.7 Å². The van der Waals surface area contributed by atoms with Gasteiger partial charge in [0.05, 0.1) is 30.3 Å². The summed E-state index contributed by atoms with van der Waals surface area (Å²) in [5, 5.41) is 4.99. The number of nitrogens with one attached hydrogen (secondary N) is 1. The molecule has 0 aliphatic carbocycles. The van der Waals surface area contributed by atoms with E-state index in [0.717, 1.165) is 85.0 Å². The van der Waals surface area contributed by atoms with Gasteiger partial charge in [-0.25, -0.2) is 13.1 Å². The summed E-state index contributed by atoms with van der Waals surface area (Å²) in [5.41, 5.74) is 7.34. The third kappa shape index (κ3) is 6.63. The van der Waals surface area contributed by atoms with Crippen molar-refractivity contribution in [3.8, 4) is 0 Å². The SMILES string of the molecule is C=C(/C(C)=C\n1nc([C@@H]2CCCCN2C(=C)c2cc(C)ccc2NS(C)(=O)=O)cc1C)N1CC(COI)C1. The highest BCUT2D eigenvalue weighted by molar-refractivity contribution is 14.1. The van der Waals surface area contributed by atoms with Gasteiger partial charge in [0.25, 0.3) is 0 Å². The standard InChI is InChI=1S/C28H38IN5O3S/c1-19-10-11-26(31-38(6,35)36)25(13-19)23(5)33-12-8-7-9-28(33)27-14-21(3)34(30-27)15-20(2)22(4)32-16-24(17-32)18-37-29/h10-11,13-15,24,28,31H,4-5,7-9,12,16-18H2,1-3,6H3/b20-15-/t28-/m0/s1. The predicted molar refractivity (Wildman–Crippen MR) is 163 cm³/mol. The minimum Gasteiger partial charge on any atom is -0.371 e. The number of halogens is 1. The Labute approximate surface area is 241 Å². The van der Waals surface area contributed by atoms with Crippen LogP contribution in [0.5, 0.6) is 0 Å². The van der Waals surface area contributed by atoms with Gasteiger partial charge in [0, 0.05) is 54.4 Å². The van der Waals surface area contributed by atoms with E-state index in [4.69, 9.17) is 8.16 Å². The molecule has 0 spiro atoms. The Bertz CT molecular complexity index is 1340. The first-order chi connectivity index (χ1) is 18.0. The summed E-state index contributed by atoms with van der Waals surface area (Å²) in [7, 11) is -3.42. The van der Waals surface area contributed by atoms with E-state index < -0.39 is 10.0 Å². The number of anilines is 1. The van der Waals surface area contributed by atoms with Gasteiger partial charge in [0.15, 0.2) is 0 Å². The number of piperidine rings is 1. The van der Waals surface area contributed by atoms with E-state index in [2.05, 4.69) is 53.8 Å². The van der Waals surface area contributed by atoms with Crippen LogP contribution in [0.15, 0.2) is 48.7 Å². The van der Waals surface area contributed by atoms with E-state index in [1.54, 1.807) is 0 Å². The van der Waals surface area contributed by atoms with Gasteiger partial charge in [0.1, 0.15) is 23.0 Å². The maximum Gasteiger partial charge on any atom is 0.229 e. The monoisotopic (exact) mass is 651 g/mol. The molecule has 2 aliphatic heterocycles. The van der Waals surface area contributed by atoms with Gasteiger partial charge in [-0.05, 0) is 63.8 Å². The van der Waals surface area contributed by atoms with Gasteiger partial charge >= 0.3 is 0 Å². The molecule has 1 N–H and O–H groups in total. The van der Waals surface area contributed by atoms with Gasteiger partial charge in [-0.15, -0.1) is 0 Å². The number of rotatable bonds is 10. The Kier molecular flexibility index (Phi) is 8.93. The Morgan fingerprint density at radius 3 is 2.66 bits per heavy atom. The van der Waals surface area contributed by atoms with Crippen LogP contribution in [-0.4, -0.2) is 60.5 Å². The lowest BCUT2D eigenvalue weighted by Gasteiger charge is -2.41. The molecule has 0 unspecified atom stereocenters. The van der Waals surface area contributed by atoms with Crippen LogP contribution in [0.1, 0.15) is 54.7 Å². The Morgan fingerprint density at radius 2 is 1.97 bits per heavy atom. The van der Waals surface area contributed by atoms with Crippen molar-refractivity contribution in [2.75, 3.05) is 37.2 Å². The molecule has 206 valence electrons. The molecule has 1 atom stereocenters. The van der Waals surface area contributed by atoms with Crippen LogP contribution in [0.3, 0.4) is 0 Å². The van der Waals surface area contributed by atoms with Gasteiger partial charge < -0.3 is 12.9 Å². The number of sulfonamides is 1. The van der Waals surface area contributed by atoms with Crippen molar-refractivity contribution >= 4 is 50.6 Å². The van der Waals surface area contributed by atoms with Gasteiger partial charge in [-0.2, -0.15) is 5.10 Å². The second-order valence-corrected chi connectivity index (χ2v) is 12.9. The van der Waals surface area contributed by atoms with E-state index in [1.807, 2.05) is 52.8 Å². The summed E-state index contributed by atoms with van der Waals surface area (Å²) in [5.74, 6) is 0.557. The van der Waals surface area contributed by atoms with Gasteiger partial charge in [-0.1, -0.05) is 24.8 Å².